The molecule has 1 amide bonds. The van der Waals surface area contributed by atoms with E-state index in [1.54, 1.807) is 18.3 Å². The van der Waals surface area contributed by atoms with Gasteiger partial charge in [-0.2, -0.15) is 0 Å². The average Bonchev–Trinajstić information content (AvgIpc) is 2.96. The first kappa shape index (κ1) is 17.6. The van der Waals surface area contributed by atoms with E-state index >= 15 is 0 Å². The molecular formula is C20H15FN4O3. The second kappa shape index (κ2) is 7.07. The second-order valence-electron chi connectivity index (χ2n) is 6.32. The molecule has 7 nitrogen and oxygen atoms in total. The zero-order valence-electron chi connectivity index (χ0n) is 14.6. The van der Waals surface area contributed by atoms with E-state index in [4.69, 9.17) is 0 Å². The molecule has 0 aliphatic carbocycles. The van der Waals surface area contributed by atoms with Gasteiger partial charge < -0.3 is 10.2 Å². The van der Waals surface area contributed by atoms with Crippen LogP contribution in [0.2, 0.25) is 0 Å². The minimum absolute atomic E-state index is 0.0661. The van der Waals surface area contributed by atoms with Crippen LogP contribution >= 0.6 is 0 Å². The lowest BCUT2D eigenvalue weighted by Crippen LogP contribution is -2.32. The first-order valence-corrected chi connectivity index (χ1v) is 8.55. The Bertz CT molecular complexity index is 1060. The summed E-state index contributed by atoms with van der Waals surface area (Å²) >= 11 is 0. The summed E-state index contributed by atoms with van der Waals surface area (Å²) in [7, 11) is 0. The topological polar surface area (TPSA) is 88.4 Å². The van der Waals surface area contributed by atoms with Crippen LogP contribution in [0, 0.1) is 15.9 Å². The van der Waals surface area contributed by atoms with E-state index in [1.807, 2.05) is 30.3 Å². The predicted octanol–water partition coefficient (Wildman–Crippen LogP) is 3.90. The van der Waals surface area contributed by atoms with Crippen molar-refractivity contribution in [2.75, 3.05) is 5.32 Å². The van der Waals surface area contributed by atoms with Gasteiger partial charge in [0.15, 0.2) is 0 Å². The molecule has 0 saturated carbocycles. The molecule has 0 radical (unpaired) electrons. The molecule has 3 aromatic rings. The number of carbonyl (C=O) groups excluding carboxylic acids is 1. The standard InChI is InChI=1S/C20H15FN4O3/c21-16-9-8-14(25(27)28)11-17(16)23-19-18-15(7-4-10-22-18)20(26)24(19)12-13-5-2-1-3-6-13/h1-11,19,23H,12H2/t19-/m0/s1. The summed E-state index contributed by atoms with van der Waals surface area (Å²) in [5, 5.41) is 14.0. The van der Waals surface area contributed by atoms with Gasteiger partial charge in [-0.05, 0) is 23.8 Å². The molecule has 0 unspecified atom stereocenters. The minimum Gasteiger partial charge on any atom is -0.357 e. The van der Waals surface area contributed by atoms with Crippen molar-refractivity contribution in [3.63, 3.8) is 0 Å². The highest BCUT2D eigenvalue weighted by Gasteiger charge is 2.38. The Kier molecular flexibility index (Phi) is 4.44. The number of fused-ring (bicyclic) bond motifs is 1. The Morgan fingerprint density at radius 2 is 1.93 bits per heavy atom. The molecule has 0 spiro atoms. The molecule has 1 N–H and O–H groups in total. The number of nitrogens with one attached hydrogen (secondary N) is 1. The quantitative estimate of drug-likeness (QED) is 0.537. The number of nitro groups is 1. The Balaban J connectivity index is 1.72. The number of hydrogen-bond donors (Lipinski definition) is 1. The van der Waals surface area contributed by atoms with Crippen molar-refractivity contribution >= 4 is 17.3 Å². The van der Waals surface area contributed by atoms with Crippen LogP contribution in [0.15, 0.2) is 66.9 Å². The van der Waals surface area contributed by atoms with Gasteiger partial charge in [0.25, 0.3) is 11.6 Å². The van der Waals surface area contributed by atoms with Gasteiger partial charge >= 0.3 is 0 Å². The van der Waals surface area contributed by atoms with Crippen LogP contribution < -0.4 is 5.32 Å². The maximum absolute atomic E-state index is 14.3. The Morgan fingerprint density at radius 3 is 2.68 bits per heavy atom. The molecule has 0 fully saturated rings. The van der Waals surface area contributed by atoms with Crippen molar-refractivity contribution in [2.45, 2.75) is 12.7 Å². The first-order chi connectivity index (χ1) is 13.5. The van der Waals surface area contributed by atoms with Crippen molar-refractivity contribution in [3.05, 3.63) is 99.6 Å². The van der Waals surface area contributed by atoms with Gasteiger partial charge in [0, 0.05) is 24.9 Å². The third-order valence-corrected chi connectivity index (χ3v) is 4.55. The number of aromatic nitrogens is 1. The number of amides is 1. The Hall–Kier alpha value is -3.81. The van der Waals surface area contributed by atoms with Crippen molar-refractivity contribution in [1.82, 2.24) is 9.88 Å². The van der Waals surface area contributed by atoms with Gasteiger partial charge in [0.1, 0.15) is 12.0 Å². The zero-order chi connectivity index (χ0) is 19.7. The second-order valence-corrected chi connectivity index (χ2v) is 6.32. The molecule has 8 heteroatoms. The fourth-order valence-electron chi connectivity index (χ4n) is 3.21. The monoisotopic (exact) mass is 378 g/mol. The summed E-state index contributed by atoms with van der Waals surface area (Å²) < 4.78 is 14.3. The Labute approximate surface area is 159 Å². The van der Waals surface area contributed by atoms with Gasteiger partial charge in [-0.3, -0.25) is 19.9 Å². The van der Waals surface area contributed by atoms with E-state index in [2.05, 4.69) is 10.3 Å². The maximum Gasteiger partial charge on any atom is 0.271 e. The van der Waals surface area contributed by atoms with Crippen molar-refractivity contribution < 1.29 is 14.1 Å². The van der Waals surface area contributed by atoms with Gasteiger partial charge in [0.2, 0.25) is 0 Å². The summed E-state index contributed by atoms with van der Waals surface area (Å²) in [4.78, 5) is 29.2. The molecule has 1 aromatic heterocycles. The number of non-ortho nitro benzene ring substituents is 1. The van der Waals surface area contributed by atoms with E-state index in [9.17, 15) is 19.3 Å². The summed E-state index contributed by atoms with van der Waals surface area (Å²) in [6, 6.07) is 15.9. The first-order valence-electron chi connectivity index (χ1n) is 8.55. The van der Waals surface area contributed by atoms with E-state index < -0.39 is 16.9 Å². The highest BCUT2D eigenvalue weighted by molar-refractivity contribution is 5.98. The van der Waals surface area contributed by atoms with Gasteiger partial charge in [0.05, 0.1) is 21.9 Å². The van der Waals surface area contributed by atoms with E-state index in [0.29, 0.717) is 11.3 Å². The number of nitro benzene ring substituents is 1. The van der Waals surface area contributed by atoms with Gasteiger partial charge in [-0.15, -0.1) is 0 Å². The lowest BCUT2D eigenvalue weighted by Gasteiger charge is -2.26. The number of carbonyl (C=O) groups is 1. The molecule has 140 valence electrons. The third kappa shape index (κ3) is 3.16. The molecule has 1 atom stereocenters. The molecule has 2 heterocycles. The fraction of sp³-hybridized carbons (Fsp3) is 0.100. The summed E-state index contributed by atoms with van der Waals surface area (Å²) in [5.41, 5.74) is 1.46. The smallest absolute Gasteiger partial charge is 0.271 e. The summed E-state index contributed by atoms with van der Waals surface area (Å²) in [6.45, 7) is 0.282. The number of hydrogen-bond acceptors (Lipinski definition) is 5. The number of halogens is 1. The van der Waals surface area contributed by atoms with Crippen LogP contribution in [0.4, 0.5) is 15.8 Å². The molecule has 0 bridgehead atoms. The highest BCUT2D eigenvalue weighted by Crippen LogP contribution is 2.35. The zero-order valence-corrected chi connectivity index (χ0v) is 14.6. The summed E-state index contributed by atoms with van der Waals surface area (Å²) in [6.07, 6.45) is 0.803. The van der Waals surface area contributed by atoms with Crippen molar-refractivity contribution in [2.24, 2.45) is 0 Å². The summed E-state index contributed by atoms with van der Waals surface area (Å²) in [5.74, 6) is -0.891. The lowest BCUT2D eigenvalue weighted by molar-refractivity contribution is -0.384. The number of benzene rings is 2. The highest BCUT2D eigenvalue weighted by atomic mass is 19.1. The van der Waals surface area contributed by atoms with Crippen LogP contribution in [0.1, 0.15) is 27.8 Å². The Morgan fingerprint density at radius 1 is 1.14 bits per heavy atom. The number of anilines is 1. The van der Waals surface area contributed by atoms with Crippen LogP contribution in [0.3, 0.4) is 0 Å². The van der Waals surface area contributed by atoms with E-state index in [0.717, 1.165) is 23.8 Å². The molecule has 28 heavy (non-hydrogen) atoms. The number of pyridine rings is 1. The molecule has 1 aliphatic heterocycles. The van der Waals surface area contributed by atoms with Gasteiger partial charge in [-0.1, -0.05) is 30.3 Å². The van der Waals surface area contributed by atoms with Gasteiger partial charge in [-0.25, -0.2) is 4.39 Å². The lowest BCUT2D eigenvalue weighted by atomic mass is 10.2. The van der Waals surface area contributed by atoms with Crippen LogP contribution in [0.25, 0.3) is 0 Å². The normalized spacial score (nSPS) is 15.4. The number of nitrogens with zero attached hydrogens (tertiary/aromatic N) is 3. The number of rotatable bonds is 5. The van der Waals surface area contributed by atoms with Crippen molar-refractivity contribution in [1.29, 1.82) is 0 Å². The third-order valence-electron chi connectivity index (χ3n) is 4.55. The minimum atomic E-state index is -0.750. The molecule has 2 aromatic carbocycles. The van der Waals surface area contributed by atoms with E-state index in [1.165, 1.54) is 4.90 Å². The molecule has 1 aliphatic rings. The van der Waals surface area contributed by atoms with E-state index in [-0.39, 0.29) is 23.8 Å². The predicted molar refractivity (Wildman–Crippen MR) is 100.0 cm³/mol. The largest absolute Gasteiger partial charge is 0.357 e. The molecule has 4 rings (SSSR count). The molecular weight excluding hydrogens is 363 g/mol. The van der Waals surface area contributed by atoms with Crippen LogP contribution in [0.5, 0.6) is 0 Å². The van der Waals surface area contributed by atoms with Crippen molar-refractivity contribution in [3.8, 4) is 0 Å². The average molecular weight is 378 g/mol. The maximum atomic E-state index is 14.3. The fourth-order valence-corrected chi connectivity index (χ4v) is 3.21. The van der Waals surface area contributed by atoms with Crippen LogP contribution in [-0.4, -0.2) is 20.7 Å². The van der Waals surface area contributed by atoms with Crippen LogP contribution in [-0.2, 0) is 6.54 Å². The SMILES string of the molecule is O=C1c2cccnc2[C@@H](Nc2cc([N+](=O)[O-])ccc2F)N1Cc1ccccc1. The molecule has 0 saturated heterocycles.